The predicted molar refractivity (Wildman–Crippen MR) is 83.4 cm³/mol. The van der Waals surface area contributed by atoms with Crippen molar-refractivity contribution in [2.45, 2.75) is 0 Å². The molecule has 4 rings (SSSR count). The van der Waals surface area contributed by atoms with Crippen LogP contribution in [0.4, 0.5) is 13.0 Å². The fourth-order valence-corrected chi connectivity index (χ4v) is 3.34. The van der Waals surface area contributed by atoms with Gasteiger partial charge in [0.05, 0.1) is 10.0 Å². The molecule has 2 aliphatic heterocycles. The van der Waals surface area contributed by atoms with Crippen LogP contribution in [0, 0.1) is 5.82 Å². The van der Waals surface area contributed by atoms with Gasteiger partial charge in [0.1, 0.15) is 12.0 Å². The molecule has 2 aliphatic rings. The van der Waals surface area contributed by atoms with Crippen molar-refractivity contribution in [1.29, 1.82) is 0 Å². The van der Waals surface area contributed by atoms with Gasteiger partial charge < -0.3 is 17.6 Å². The van der Waals surface area contributed by atoms with E-state index < -0.39 is 6.97 Å². The van der Waals surface area contributed by atoms with Crippen LogP contribution in [-0.2, 0) is 0 Å². The van der Waals surface area contributed by atoms with Crippen molar-refractivity contribution in [3.63, 3.8) is 0 Å². The molecule has 7 heteroatoms. The number of allylic oxidation sites excluding steroid dienone is 2. The van der Waals surface area contributed by atoms with Gasteiger partial charge in [-0.15, -0.1) is 0 Å². The van der Waals surface area contributed by atoms with Crippen molar-refractivity contribution < 1.29 is 17.5 Å². The van der Waals surface area contributed by atoms with E-state index >= 15 is 0 Å². The van der Waals surface area contributed by atoms with E-state index in [4.69, 9.17) is 0 Å². The summed E-state index contributed by atoms with van der Waals surface area (Å²) in [6.07, 6.45) is 5.99. The van der Waals surface area contributed by atoms with Gasteiger partial charge in [-0.05, 0) is 52.0 Å². The first-order chi connectivity index (χ1) is 10.5. The van der Waals surface area contributed by atoms with Crippen LogP contribution >= 0.6 is 15.9 Å². The van der Waals surface area contributed by atoms with Crippen LogP contribution in [0.15, 0.2) is 58.9 Å². The maximum Gasteiger partial charge on any atom is 0.737 e. The number of benzene rings is 1. The summed E-state index contributed by atoms with van der Waals surface area (Å²) in [7, 11) is 0. The molecular formula is C15H9BBrF3N2. The second-order valence-corrected chi connectivity index (χ2v) is 6.05. The molecule has 0 spiro atoms. The smallest absolute Gasteiger partial charge is 0.396 e. The highest BCUT2D eigenvalue weighted by Gasteiger charge is 2.51. The van der Waals surface area contributed by atoms with E-state index in [0.29, 0.717) is 27.0 Å². The summed E-state index contributed by atoms with van der Waals surface area (Å²) in [6, 6.07) is 7.77. The van der Waals surface area contributed by atoms with E-state index in [1.165, 1.54) is 18.5 Å². The third-order valence-corrected chi connectivity index (χ3v) is 4.56. The molecule has 3 heterocycles. The largest absolute Gasteiger partial charge is 0.737 e. The highest BCUT2D eigenvalue weighted by atomic mass is 79.9. The standard InChI is InChI=1S/C15H9BBrF3N2/c17-11-9-10(5-6-12(11)18)15-13-3-1-7-21(13)16(19,20)22-8-2-4-14(15)22/h1-9H. The SMILES string of the molecule is Fc1ccc(C2=C3C=CC=[N+]3[B-](F)(F)n3cccc32)cc1Br. The lowest BCUT2D eigenvalue weighted by atomic mass is 9.86. The molecule has 22 heavy (non-hydrogen) atoms. The molecule has 0 unspecified atom stereocenters. The number of rotatable bonds is 1. The molecule has 1 aromatic carbocycles. The van der Waals surface area contributed by atoms with Crippen molar-refractivity contribution in [3.8, 4) is 0 Å². The molecular weight excluding hydrogens is 356 g/mol. The van der Waals surface area contributed by atoms with Gasteiger partial charge in [0.25, 0.3) is 0 Å². The zero-order valence-electron chi connectivity index (χ0n) is 11.2. The molecule has 0 radical (unpaired) electrons. The summed E-state index contributed by atoms with van der Waals surface area (Å²) < 4.78 is 44.9. The van der Waals surface area contributed by atoms with Gasteiger partial charge in [-0.25, -0.2) is 4.39 Å². The highest BCUT2D eigenvalue weighted by Crippen LogP contribution is 2.39. The van der Waals surface area contributed by atoms with Crippen LogP contribution in [-0.4, -0.2) is 22.1 Å². The van der Waals surface area contributed by atoms with E-state index in [9.17, 15) is 13.0 Å². The highest BCUT2D eigenvalue weighted by molar-refractivity contribution is 9.10. The average Bonchev–Trinajstić information content (AvgIpc) is 3.12. The predicted octanol–water partition coefficient (Wildman–Crippen LogP) is 4.04. The third-order valence-electron chi connectivity index (χ3n) is 3.95. The minimum atomic E-state index is -3.90. The van der Waals surface area contributed by atoms with Crippen LogP contribution in [0.25, 0.3) is 5.57 Å². The summed E-state index contributed by atoms with van der Waals surface area (Å²) in [5.41, 5.74) is 2.19. The van der Waals surface area contributed by atoms with Crippen molar-refractivity contribution in [2.75, 3.05) is 0 Å². The number of nitrogens with zero attached hydrogens (tertiary/aromatic N) is 2. The quantitative estimate of drug-likeness (QED) is 0.675. The van der Waals surface area contributed by atoms with Crippen molar-refractivity contribution in [1.82, 2.24) is 4.48 Å². The Morgan fingerprint density at radius 1 is 1.18 bits per heavy atom. The van der Waals surface area contributed by atoms with Crippen LogP contribution < -0.4 is 0 Å². The molecule has 0 N–H and O–H groups in total. The normalized spacial score (nSPS) is 18.3. The lowest BCUT2D eigenvalue weighted by Crippen LogP contribution is -2.49. The number of hydrogen-bond acceptors (Lipinski definition) is 0. The molecule has 0 bridgehead atoms. The second kappa shape index (κ2) is 4.49. The minimum Gasteiger partial charge on any atom is -0.396 e. The summed E-state index contributed by atoms with van der Waals surface area (Å²) in [5, 5.41) is 0. The number of fused-ring (bicyclic) bond motifs is 2. The Hall–Kier alpha value is -2.02. The lowest BCUT2D eigenvalue weighted by molar-refractivity contribution is -0.356. The van der Waals surface area contributed by atoms with Gasteiger partial charge in [-0.3, -0.25) is 0 Å². The first-order valence-corrected chi connectivity index (χ1v) is 7.49. The van der Waals surface area contributed by atoms with Crippen molar-refractivity contribution >= 4 is 34.7 Å². The van der Waals surface area contributed by atoms with E-state index in [1.54, 1.807) is 36.4 Å². The third kappa shape index (κ3) is 1.72. The molecule has 110 valence electrons. The monoisotopic (exact) mass is 364 g/mol. The second-order valence-electron chi connectivity index (χ2n) is 5.19. The number of aromatic nitrogens is 1. The van der Waals surface area contributed by atoms with Gasteiger partial charge in [0.2, 0.25) is 0 Å². The van der Waals surface area contributed by atoms with Gasteiger partial charge in [-0.1, -0.05) is 6.07 Å². The first kappa shape index (κ1) is 13.6. The van der Waals surface area contributed by atoms with E-state index in [1.807, 2.05) is 0 Å². The maximum atomic E-state index is 14.6. The Morgan fingerprint density at radius 3 is 2.77 bits per heavy atom. The zero-order valence-corrected chi connectivity index (χ0v) is 12.8. The molecule has 0 amide bonds. The fraction of sp³-hybridized carbons (Fsp3) is 0. The molecule has 0 atom stereocenters. The summed E-state index contributed by atoms with van der Waals surface area (Å²) in [4.78, 5) is 0. The topological polar surface area (TPSA) is 7.94 Å². The Balaban J connectivity index is 2.04. The van der Waals surface area contributed by atoms with Gasteiger partial charge in [0, 0.05) is 17.8 Å². The van der Waals surface area contributed by atoms with Gasteiger partial charge >= 0.3 is 6.97 Å². The summed E-state index contributed by atoms with van der Waals surface area (Å²) in [6.45, 7) is -3.90. The van der Waals surface area contributed by atoms with Gasteiger partial charge in [0.15, 0.2) is 5.70 Å². The molecule has 0 aliphatic carbocycles. The van der Waals surface area contributed by atoms with Crippen LogP contribution in [0.5, 0.6) is 0 Å². The number of hydrogen-bond donors (Lipinski definition) is 0. The summed E-state index contributed by atoms with van der Waals surface area (Å²) >= 11 is 3.15. The van der Waals surface area contributed by atoms with E-state index in [2.05, 4.69) is 15.9 Å². The Morgan fingerprint density at radius 2 is 2.00 bits per heavy atom. The minimum absolute atomic E-state index is 0.302. The van der Waals surface area contributed by atoms with Crippen LogP contribution in [0.3, 0.4) is 0 Å². The van der Waals surface area contributed by atoms with E-state index in [-0.39, 0.29) is 5.82 Å². The van der Waals surface area contributed by atoms with E-state index in [0.717, 1.165) is 8.96 Å². The maximum absolute atomic E-state index is 14.6. The molecule has 0 saturated heterocycles. The number of halogens is 4. The molecule has 0 saturated carbocycles. The van der Waals surface area contributed by atoms with Crippen molar-refractivity contribution in [3.05, 3.63) is 75.9 Å². The Kier molecular flexibility index (Phi) is 2.78. The Labute approximate surface area is 133 Å². The molecule has 0 fully saturated rings. The lowest BCUT2D eigenvalue weighted by Gasteiger charge is -2.30. The Bertz CT molecular complexity index is 896. The summed E-state index contributed by atoms with van der Waals surface area (Å²) in [5.74, 6) is -0.388. The average molecular weight is 365 g/mol. The molecule has 1 aromatic heterocycles. The van der Waals surface area contributed by atoms with Crippen LogP contribution in [0.2, 0.25) is 0 Å². The molecule has 2 nitrogen and oxygen atoms in total. The first-order valence-electron chi connectivity index (χ1n) is 6.69. The zero-order chi connectivity index (χ0) is 15.5. The van der Waals surface area contributed by atoms with Crippen LogP contribution in [0.1, 0.15) is 11.3 Å². The fourth-order valence-electron chi connectivity index (χ4n) is 2.97. The molecule has 2 aromatic rings. The van der Waals surface area contributed by atoms with Gasteiger partial charge in [-0.2, -0.15) is 0 Å². The van der Waals surface area contributed by atoms with Crippen molar-refractivity contribution in [2.24, 2.45) is 0 Å².